The van der Waals surface area contributed by atoms with Gasteiger partial charge in [-0.1, -0.05) is 13.0 Å². The molecule has 86 valence electrons. The summed E-state index contributed by atoms with van der Waals surface area (Å²) in [5.74, 6) is 0.765. The summed E-state index contributed by atoms with van der Waals surface area (Å²) in [5.41, 5.74) is 1.69. The molecule has 1 aromatic carbocycles. The Morgan fingerprint density at radius 2 is 2.31 bits per heavy atom. The predicted molar refractivity (Wildman–Crippen MR) is 64.0 cm³/mol. The quantitative estimate of drug-likeness (QED) is 0.821. The first kappa shape index (κ1) is 10.8. The molecule has 2 N–H and O–H groups in total. The van der Waals surface area contributed by atoms with Crippen LogP contribution in [0.3, 0.4) is 0 Å². The number of carbonyl (C=O) groups is 1. The van der Waals surface area contributed by atoms with E-state index in [4.69, 9.17) is 4.74 Å². The zero-order valence-electron chi connectivity index (χ0n) is 9.38. The van der Waals surface area contributed by atoms with E-state index in [1.54, 1.807) is 0 Å². The third-order valence-corrected chi connectivity index (χ3v) is 2.42. The number of benzene rings is 1. The van der Waals surface area contributed by atoms with E-state index in [-0.39, 0.29) is 5.91 Å². The SMILES string of the molecule is CCCOc1cccc2c1NC(=O)CCN2. The Morgan fingerprint density at radius 3 is 3.12 bits per heavy atom. The second-order valence-electron chi connectivity index (χ2n) is 3.75. The first-order chi connectivity index (χ1) is 7.81. The van der Waals surface area contributed by atoms with E-state index >= 15 is 0 Å². The largest absolute Gasteiger partial charge is 0.491 e. The van der Waals surface area contributed by atoms with Crippen molar-refractivity contribution < 1.29 is 9.53 Å². The van der Waals surface area contributed by atoms with E-state index in [1.165, 1.54) is 0 Å². The Labute approximate surface area is 95.0 Å². The minimum Gasteiger partial charge on any atom is -0.491 e. The van der Waals surface area contributed by atoms with Crippen LogP contribution in [0.15, 0.2) is 18.2 Å². The highest BCUT2D eigenvalue weighted by atomic mass is 16.5. The third kappa shape index (κ3) is 2.27. The molecular weight excluding hydrogens is 204 g/mol. The standard InChI is InChI=1S/C12H16N2O2/c1-2-8-16-10-5-3-4-9-12(10)14-11(15)6-7-13-9/h3-5,13H,2,6-8H2,1H3,(H,14,15). The second-order valence-corrected chi connectivity index (χ2v) is 3.75. The fourth-order valence-corrected chi connectivity index (χ4v) is 1.65. The fourth-order valence-electron chi connectivity index (χ4n) is 1.65. The zero-order valence-corrected chi connectivity index (χ0v) is 9.38. The molecule has 1 heterocycles. The number of hydrogen-bond acceptors (Lipinski definition) is 3. The maximum Gasteiger partial charge on any atom is 0.226 e. The molecule has 0 saturated carbocycles. The summed E-state index contributed by atoms with van der Waals surface area (Å²) in [6.45, 7) is 3.38. The highest BCUT2D eigenvalue weighted by Gasteiger charge is 2.15. The van der Waals surface area contributed by atoms with Crippen molar-refractivity contribution in [3.8, 4) is 5.75 Å². The van der Waals surface area contributed by atoms with Crippen LogP contribution in [0, 0.1) is 0 Å². The average molecular weight is 220 g/mol. The van der Waals surface area contributed by atoms with E-state index < -0.39 is 0 Å². The summed E-state index contributed by atoms with van der Waals surface area (Å²) in [6, 6.07) is 5.75. The summed E-state index contributed by atoms with van der Waals surface area (Å²) in [4.78, 5) is 11.5. The van der Waals surface area contributed by atoms with Crippen molar-refractivity contribution in [1.29, 1.82) is 0 Å². The van der Waals surface area contributed by atoms with E-state index in [2.05, 4.69) is 17.6 Å². The Kier molecular flexibility index (Phi) is 3.29. The smallest absolute Gasteiger partial charge is 0.226 e. The first-order valence-electron chi connectivity index (χ1n) is 5.61. The van der Waals surface area contributed by atoms with Crippen molar-refractivity contribution in [2.45, 2.75) is 19.8 Å². The van der Waals surface area contributed by atoms with E-state index in [0.717, 1.165) is 23.5 Å². The first-order valence-corrected chi connectivity index (χ1v) is 5.61. The van der Waals surface area contributed by atoms with Crippen LogP contribution in [0.25, 0.3) is 0 Å². The second kappa shape index (κ2) is 4.88. The summed E-state index contributed by atoms with van der Waals surface area (Å²) >= 11 is 0. The van der Waals surface area contributed by atoms with Crippen LogP contribution in [-0.2, 0) is 4.79 Å². The summed E-state index contributed by atoms with van der Waals surface area (Å²) in [5, 5.41) is 6.08. The molecule has 1 amide bonds. The molecule has 4 nitrogen and oxygen atoms in total. The molecule has 0 unspecified atom stereocenters. The van der Waals surface area contributed by atoms with Crippen LogP contribution < -0.4 is 15.4 Å². The van der Waals surface area contributed by atoms with Gasteiger partial charge in [0.15, 0.2) is 0 Å². The molecule has 16 heavy (non-hydrogen) atoms. The van der Waals surface area contributed by atoms with Crippen LogP contribution in [-0.4, -0.2) is 19.1 Å². The Hall–Kier alpha value is -1.71. The summed E-state index contributed by atoms with van der Waals surface area (Å²) in [6.07, 6.45) is 1.44. The van der Waals surface area contributed by atoms with Gasteiger partial charge < -0.3 is 15.4 Å². The number of para-hydroxylation sites is 1. The molecule has 0 aliphatic carbocycles. The molecule has 4 heteroatoms. The molecule has 1 aliphatic rings. The number of hydrogen-bond donors (Lipinski definition) is 2. The maximum absolute atomic E-state index is 11.5. The van der Waals surface area contributed by atoms with Crippen LogP contribution in [0.2, 0.25) is 0 Å². The monoisotopic (exact) mass is 220 g/mol. The topological polar surface area (TPSA) is 50.4 Å². The number of rotatable bonds is 3. The molecular formula is C12H16N2O2. The minimum atomic E-state index is 0.0267. The van der Waals surface area contributed by atoms with Gasteiger partial charge in [0.25, 0.3) is 0 Å². The van der Waals surface area contributed by atoms with Gasteiger partial charge in [-0.05, 0) is 18.6 Å². The van der Waals surface area contributed by atoms with E-state index in [0.29, 0.717) is 19.6 Å². The molecule has 0 spiro atoms. The van der Waals surface area contributed by atoms with Crippen molar-refractivity contribution in [2.24, 2.45) is 0 Å². The maximum atomic E-state index is 11.5. The molecule has 0 bridgehead atoms. The number of nitrogens with one attached hydrogen (secondary N) is 2. The summed E-state index contributed by atoms with van der Waals surface area (Å²) < 4.78 is 5.60. The predicted octanol–water partition coefficient (Wildman–Crippen LogP) is 2.23. The normalized spacial score (nSPS) is 14.4. The highest BCUT2D eigenvalue weighted by Crippen LogP contribution is 2.34. The van der Waals surface area contributed by atoms with Crippen LogP contribution in [0.1, 0.15) is 19.8 Å². The van der Waals surface area contributed by atoms with E-state index in [1.807, 2.05) is 18.2 Å². The minimum absolute atomic E-state index is 0.0267. The lowest BCUT2D eigenvalue weighted by Gasteiger charge is -2.13. The molecule has 1 aromatic rings. The van der Waals surface area contributed by atoms with Crippen molar-refractivity contribution >= 4 is 17.3 Å². The lowest BCUT2D eigenvalue weighted by atomic mass is 10.2. The van der Waals surface area contributed by atoms with Gasteiger partial charge in [0, 0.05) is 13.0 Å². The van der Waals surface area contributed by atoms with Crippen LogP contribution in [0.4, 0.5) is 11.4 Å². The Bertz CT molecular complexity index is 391. The number of carbonyl (C=O) groups excluding carboxylic acids is 1. The van der Waals surface area contributed by atoms with Crippen molar-refractivity contribution in [3.05, 3.63) is 18.2 Å². The number of fused-ring (bicyclic) bond motifs is 1. The Balaban J connectivity index is 2.28. The van der Waals surface area contributed by atoms with E-state index in [9.17, 15) is 4.79 Å². The van der Waals surface area contributed by atoms with Gasteiger partial charge in [0.1, 0.15) is 11.4 Å². The van der Waals surface area contributed by atoms with Crippen LogP contribution in [0.5, 0.6) is 5.75 Å². The summed E-state index contributed by atoms with van der Waals surface area (Å²) in [7, 11) is 0. The molecule has 2 rings (SSSR count). The highest BCUT2D eigenvalue weighted by molar-refractivity contribution is 5.98. The molecule has 0 atom stereocenters. The molecule has 0 fully saturated rings. The average Bonchev–Trinajstić information content (AvgIpc) is 2.47. The number of anilines is 2. The van der Waals surface area contributed by atoms with Gasteiger partial charge in [0.05, 0.1) is 12.3 Å². The van der Waals surface area contributed by atoms with Gasteiger partial charge in [-0.15, -0.1) is 0 Å². The molecule has 0 radical (unpaired) electrons. The zero-order chi connectivity index (χ0) is 11.4. The third-order valence-electron chi connectivity index (χ3n) is 2.42. The van der Waals surface area contributed by atoms with Crippen LogP contribution >= 0.6 is 0 Å². The lowest BCUT2D eigenvalue weighted by molar-refractivity contribution is -0.115. The molecule has 0 saturated heterocycles. The van der Waals surface area contributed by atoms with Gasteiger partial charge in [-0.2, -0.15) is 0 Å². The lowest BCUT2D eigenvalue weighted by Crippen LogP contribution is -2.11. The molecule has 1 aliphatic heterocycles. The van der Waals surface area contributed by atoms with Gasteiger partial charge in [-0.3, -0.25) is 4.79 Å². The van der Waals surface area contributed by atoms with Gasteiger partial charge in [-0.25, -0.2) is 0 Å². The van der Waals surface area contributed by atoms with Gasteiger partial charge >= 0.3 is 0 Å². The molecule has 0 aromatic heterocycles. The Morgan fingerprint density at radius 1 is 1.44 bits per heavy atom. The van der Waals surface area contributed by atoms with Gasteiger partial charge in [0.2, 0.25) is 5.91 Å². The van der Waals surface area contributed by atoms with Crippen molar-refractivity contribution in [2.75, 3.05) is 23.8 Å². The number of ether oxygens (including phenoxy) is 1. The fraction of sp³-hybridized carbons (Fsp3) is 0.417. The van der Waals surface area contributed by atoms with Crippen molar-refractivity contribution in [3.63, 3.8) is 0 Å². The number of amides is 1. The van der Waals surface area contributed by atoms with Crippen molar-refractivity contribution in [1.82, 2.24) is 0 Å².